The minimum atomic E-state index is 0. The van der Waals surface area contributed by atoms with Crippen LogP contribution in [-0.2, 0) is 0 Å². The van der Waals surface area contributed by atoms with Crippen LogP contribution in [-0.4, -0.2) is 60.0 Å². The highest BCUT2D eigenvalue weighted by Gasteiger charge is 2.24. The van der Waals surface area contributed by atoms with Crippen molar-refractivity contribution in [1.82, 2.24) is 10.2 Å². The molecule has 1 aliphatic heterocycles. The number of rotatable bonds is 4. The van der Waals surface area contributed by atoms with Gasteiger partial charge in [-0.15, -0.1) is 24.0 Å². The summed E-state index contributed by atoms with van der Waals surface area (Å²) in [7, 11) is 1.89. The first-order valence-electron chi connectivity index (χ1n) is 6.68. The Labute approximate surface area is 144 Å². The van der Waals surface area contributed by atoms with E-state index < -0.39 is 0 Å². The number of halogens is 1. The summed E-state index contributed by atoms with van der Waals surface area (Å²) in [5.74, 6) is 3.02. The lowest BCUT2D eigenvalue weighted by atomic mass is 10.1. The molecule has 1 aliphatic rings. The topological polar surface area (TPSA) is 27.6 Å². The van der Waals surface area contributed by atoms with E-state index in [1.54, 1.807) is 0 Å². The largest absolute Gasteiger partial charge is 0.355 e. The van der Waals surface area contributed by atoms with Crippen molar-refractivity contribution in [2.75, 3.05) is 38.7 Å². The Balaban J connectivity index is 0.00000324. The third-order valence-corrected chi connectivity index (χ3v) is 5.81. The van der Waals surface area contributed by atoms with Gasteiger partial charge in [0.25, 0.3) is 0 Å². The van der Waals surface area contributed by atoms with E-state index in [9.17, 15) is 0 Å². The maximum Gasteiger partial charge on any atom is 0.193 e. The van der Waals surface area contributed by atoms with Crippen LogP contribution >= 0.6 is 47.5 Å². The molecule has 2 atom stereocenters. The first kappa shape index (κ1) is 19.7. The highest BCUT2D eigenvalue weighted by Crippen LogP contribution is 2.24. The summed E-state index contributed by atoms with van der Waals surface area (Å²) in [6.45, 7) is 10.1. The Morgan fingerprint density at radius 3 is 2.68 bits per heavy atom. The van der Waals surface area contributed by atoms with Crippen LogP contribution in [0.2, 0.25) is 0 Å². The van der Waals surface area contributed by atoms with Crippen LogP contribution in [0.5, 0.6) is 0 Å². The molecule has 0 aliphatic carbocycles. The summed E-state index contributed by atoms with van der Waals surface area (Å²) in [5.41, 5.74) is 0. The van der Waals surface area contributed by atoms with Gasteiger partial charge in [-0.1, -0.05) is 20.8 Å². The van der Waals surface area contributed by atoms with E-state index in [1.807, 2.05) is 18.8 Å². The van der Waals surface area contributed by atoms with Gasteiger partial charge in [0.1, 0.15) is 0 Å². The Hall–Kier alpha value is 0.700. The molecule has 1 rings (SSSR count). The van der Waals surface area contributed by atoms with E-state index in [1.165, 1.54) is 5.75 Å². The molecule has 2 unspecified atom stereocenters. The predicted octanol–water partition coefficient (Wildman–Crippen LogP) is 3.00. The first-order chi connectivity index (χ1) is 8.58. The summed E-state index contributed by atoms with van der Waals surface area (Å²) in [6, 6.07) is 0. The first-order valence-corrected chi connectivity index (χ1v) is 9.02. The van der Waals surface area contributed by atoms with Crippen LogP contribution in [0.3, 0.4) is 0 Å². The zero-order chi connectivity index (χ0) is 13.5. The third-order valence-electron chi connectivity index (χ3n) is 3.30. The standard InChI is InChI=1S/C13H27N3S2.HI/c1-10(2)12-9-16(6-7-18-12)13(14-4)15-8-11(3)17-5;/h10-12H,6-9H2,1-5H3,(H,14,15);1H. The van der Waals surface area contributed by atoms with Gasteiger partial charge in [0.15, 0.2) is 5.96 Å². The van der Waals surface area contributed by atoms with Crippen molar-refractivity contribution in [3.05, 3.63) is 0 Å². The Morgan fingerprint density at radius 2 is 2.16 bits per heavy atom. The van der Waals surface area contributed by atoms with Crippen molar-refractivity contribution in [3.63, 3.8) is 0 Å². The van der Waals surface area contributed by atoms with E-state index in [-0.39, 0.29) is 24.0 Å². The van der Waals surface area contributed by atoms with Gasteiger partial charge in [0.05, 0.1) is 0 Å². The minimum absolute atomic E-state index is 0. The number of aliphatic imine (C=N–C) groups is 1. The fourth-order valence-corrected chi connectivity index (χ4v) is 3.47. The van der Waals surface area contributed by atoms with E-state index in [0.29, 0.717) is 5.25 Å². The lowest BCUT2D eigenvalue weighted by Crippen LogP contribution is -2.49. The van der Waals surface area contributed by atoms with Gasteiger partial charge in [-0.25, -0.2) is 0 Å². The van der Waals surface area contributed by atoms with E-state index >= 15 is 0 Å². The van der Waals surface area contributed by atoms with E-state index in [4.69, 9.17) is 0 Å². The SMILES string of the molecule is CN=C(NCC(C)SC)N1CCSC(C(C)C)C1.I. The number of nitrogens with zero attached hydrogens (tertiary/aromatic N) is 2. The molecule has 1 N–H and O–H groups in total. The summed E-state index contributed by atoms with van der Waals surface area (Å²) >= 11 is 3.99. The minimum Gasteiger partial charge on any atom is -0.355 e. The monoisotopic (exact) mass is 417 g/mol. The lowest BCUT2D eigenvalue weighted by molar-refractivity contribution is 0.381. The van der Waals surface area contributed by atoms with E-state index in [2.05, 4.69) is 54.0 Å². The van der Waals surface area contributed by atoms with Crippen molar-refractivity contribution in [3.8, 4) is 0 Å². The van der Waals surface area contributed by atoms with Crippen molar-refractivity contribution in [2.45, 2.75) is 31.3 Å². The number of thioether (sulfide) groups is 2. The number of hydrogen-bond acceptors (Lipinski definition) is 3. The maximum atomic E-state index is 4.42. The molecule has 0 radical (unpaired) electrons. The van der Waals surface area contributed by atoms with Crippen LogP contribution in [0.1, 0.15) is 20.8 Å². The lowest BCUT2D eigenvalue weighted by Gasteiger charge is -2.36. The smallest absolute Gasteiger partial charge is 0.193 e. The summed E-state index contributed by atoms with van der Waals surface area (Å²) in [6.07, 6.45) is 2.15. The molecule has 6 heteroatoms. The molecule has 1 heterocycles. The van der Waals surface area contributed by atoms with Gasteiger partial charge in [0.2, 0.25) is 0 Å². The summed E-state index contributed by atoms with van der Waals surface area (Å²) in [4.78, 5) is 6.84. The van der Waals surface area contributed by atoms with Crippen LogP contribution < -0.4 is 5.32 Å². The van der Waals surface area contributed by atoms with Gasteiger partial charge < -0.3 is 10.2 Å². The Bertz CT molecular complexity index is 275. The molecule has 0 saturated carbocycles. The molecular formula is C13H28IN3S2. The highest BCUT2D eigenvalue weighted by molar-refractivity contribution is 14.0. The van der Waals surface area contributed by atoms with Crippen molar-refractivity contribution in [2.24, 2.45) is 10.9 Å². The van der Waals surface area contributed by atoms with E-state index in [0.717, 1.165) is 36.8 Å². The zero-order valence-corrected chi connectivity index (χ0v) is 16.6. The molecule has 0 bridgehead atoms. The maximum absolute atomic E-state index is 4.42. The number of nitrogens with one attached hydrogen (secondary N) is 1. The molecule has 0 aromatic rings. The molecule has 0 amide bonds. The number of guanidine groups is 1. The fourth-order valence-electron chi connectivity index (χ4n) is 1.92. The zero-order valence-electron chi connectivity index (χ0n) is 12.7. The van der Waals surface area contributed by atoms with Gasteiger partial charge in [-0.05, 0) is 12.2 Å². The molecule has 114 valence electrons. The van der Waals surface area contributed by atoms with Crippen LogP contribution in [0, 0.1) is 5.92 Å². The average molecular weight is 417 g/mol. The third kappa shape index (κ3) is 6.80. The molecule has 0 spiro atoms. The van der Waals surface area contributed by atoms with Gasteiger partial charge in [-0.3, -0.25) is 4.99 Å². The second-order valence-electron chi connectivity index (χ2n) is 5.07. The second-order valence-corrected chi connectivity index (χ2v) is 7.70. The van der Waals surface area contributed by atoms with Crippen molar-refractivity contribution in [1.29, 1.82) is 0 Å². The average Bonchev–Trinajstić information content (AvgIpc) is 2.39. The quantitative estimate of drug-likeness (QED) is 0.433. The highest BCUT2D eigenvalue weighted by atomic mass is 127. The van der Waals surface area contributed by atoms with Crippen molar-refractivity contribution >= 4 is 53.5 Å². The van der Waals surface area contributed by atoms with Crippen LogP contribution in [0.25, 0.3) is 0 Å². The predicted molar refractivity (Wildman–Crippen MR) is 102 cm³/mol. The van der Waals surface area contributed by atoms with Gasteiger partial charge in [0, 0.05) is 42.9 Å². The Morgan fingerprint density at radius 1 is 1.47 bits per heavy atom. The van der Waals surface area contributed by atoms with Gasteiger partial charge in [-0.2, -0.15) is 23.5 Å². The molecule has 1 fully saturated rings. The normalized spacial score (nSPS) is 22.1. The van der Waals surface area contributed by atoms with Gasteiger partial charge >= 0.3 is 0 Å². The molecule has 0 aromatic carbocycles. The molecule has 19 heavy (non-hydrogen) atoms. The molecule has 3 nitrogen and oxygen atoms in total. The molecular weight excluding hydrogens is 389 g/mol. The summed E-state index contributed by atoms with van der Waals surface area (Å²) < 4.78 is 0. The van der Waals surface area contributed by atoms with Crippen LogP contribution in [0.15, 0.2) is 4.99 Å². The fraction of sp³-hybridized carbons (Fsp3) is 0.923. The molecule has 0 aromatic heterocycles. The second kappa shape index (κ2) is 10.4. The van der Waals surface area contributed by atoms with Crippen molar-refractivity contribution < 1.29 is 0 Å². The summed E-state index contributed by atoms with van der Waals surface area (Å²) in [5, 5.41) is 4.85. The molecule has 1 saturated heterocycles. The number of hydrogen-bond donors (Lipinski definition) is 1. The van der Waals surface area contributed by atoms with Crippen LogP contribution in [0.4, 0.5) is 0 Å². The Kier molecular flexibility index (Phi) is 10.8.